The summed E-state index contributed by atoms with van der Waals surface area (Å²) >= 11 is 0. The average Bonchev–Trinajstić information content (AvgIpc) is 2.83. The van der Waals surface area contributed by atoms with Crippen LogP contribution in [-0.2, 0) is 20.7 Å². The molecule has 2 aromatic carbocycles. The number of esters is 2. The number of carbonyl (C=O) groups excluding carboxylic acids is 3. The summed E-state index contributed by atoms with van der Waals surface area (Å²) in [6.45, 7) is 16.6. The van der Waals surface area contributed by atoms with Crippen molar-refractivity contribution in [3.05, 3.63) is 71.5 Å². The fraction of sp³-hybridized carbons (Fsp3) is 0.387. The van der Waals surface area contributed by atoms with Crippen molar-refractivity contribution in [3.8, 4) is 17.2 Å². The molecule has 0 saturated heterocycles. The third-order valence-electron chi connectivity index (χ3n) is 5.34. The lowest BCUT2D eigenvalue weighted by Crippen LogP contribution is -2.26. The highest BCUT2D eigenvalue weighted by Gasteiger charge is 2.26. The van der Waals surface area contributed by atoms with Crippen LogP contribution in [-0.4, -0.2) is 31.4 Å². The molecule has 0 fully saturated rings. The molecule has 0 bridgehead atoms. The lowest BCUT2D eigenvalue weighted by Gasteiger charge is -2.19. The van der Waals surface area contributed by atoms with Gasteiger partial charge in [-0.2, -0.15) is 0 Å². The average molecular weight is 523 g/mol. The molecule has 2 rings (SSSR count). The summed E-state index contributed by atoms with van der Waals surface area (Å²) in [5, 5.41) is 0. The Labute approximate surface area is 225 Å². The van der Waals surface area contributed by atoms with Gasteiger partial charge < -0.3 is 18.9 Å². The maximum Gasteiger partial charge on any atom is 0.316 e. The molecule has 0 heterocycles. The summed E-state index contributed by atoms with van der Waals surface area (Å²) < 4.78 is 22.3. The Morgan fingerprint density at radius 3 is 1.95 bits per heavy atom. The number of hydrogen-bond donors (Lipinski definition) is 0. The molecule has 0 amide bonds. The highest BCUT2D eigenvalue weighted by molar-refractivity contribution is 6.10. The van der Waals surface area contributed by atoms with Crippen molar-refractivity contribution in [2.45, 2.75) is 54.9 Å². The van der Waals surface area contributed by atoms with Gasteiger partial charge >= 0.3 is 11.9 Å². The summed E-state index contributed by atoms with van der Waals surface area (Å²) in [4.78, 5) is 37.9. The zero-order valence-corrected chi connectivity index (χ0v) is 23.6. The van der Waals surface area contributed by atoms with Gasteiger partial charge in [0.05, 0.1) is 24.5 Å². The van der Waals surface area contributed by atoms with Crippen LogP contribution in [0.2, 0.25) is 0 Å². The Morgan fingerprint density at radius 1 is 0.868 bits per heavy atom. The quantitative estimate of drug-likeness (QED) is 0.0869. The van der Waals surface area contributed by atoms with Crippen molar-refractivity contribution in [1.82, 2.24) is 0 Å². The fourth-order valence-corrected chi connectivity index (χ4v) is 3.12. The van der Waals surface area contributed by atoms with E-state index in [0.717, 1.165) is 0 Å². The number of hydrogen-bond acceptors (Lipinski definition) is 7. The molecule has 7 nitrogen and oxygen atoms in total. The Morgan fingerprint density at radius 2 is 1.45 bits per heavy atom. The van der Waals surface area contributed by atoms with Crippen molar-refractivity contribution in [2.24, 2.45) is 10.8 Å². The summed E-state index contributed by atoms with van der Waals surface area (Å²) in [6.07, 6.45) is 3.72. The maximum absolute atomic E-state index is 13.2. The van der Waals surface area contributed by atoms with Crippen LogP contribution in [0.1, 0.15) is 70.0 Å². The molecule has 204 valence electrons. The molecule has 0 atom stereocenters. The van der Waals surface area contributed by atoms with Gasteiger partial charge in [-0.3, -0.25) is 14.4 Å². The van der Waals surface area contributed by atoms with Gasteiger partial charge in [-0.1, -0.05) is 6.08 Å². The third kappa shape index (κ3) is 8.07. The van der Waals surface area contributed by atoms with Gasteiger partial charge in [0, 0.05) is 17.2 Å². The van der Waals surface area contributed by atoms with E-state index in [1.165, 1.54) is 7.11 Å². The number of rotatable bonds is 10. The second-order valence-electron chi connectivity index (χ2n) is 10.8. The lowest BCUT2D eigenvalue weighted by atomic mass is 9.97. The predicted molar refractivity (Wildman–Crippen MR) is 147 cm³/mol. The van der Waals surface area contributed by atoms with E-state index in [1.807, 2.05) is 6.92 Å². The van der Waals surface area contributed by atoms with E-state index in [4.69, 9.17) is 18.9 Å². The number of allylic oxidation sites excluding steroid dienone is 2. The SMILES string of the molecule is C=CCc1cc(C=C(OC)C(=O)c2ccc(OC(=O)C(C)(C)C)cc2)c(OCC)cc1OC(=O)C(C)(C)C. The molecule has 0 N–H and O–H groups in total. The zero-order valence-electron chi connectivity index (χ0n) is 23.6. The molecular weight excluding hydrogens is 484 g/mol. The first kappa shape index (κ1) is 30.4. The molecule has 7 heteroatoms. The Balaban J connectivity index is 2.45. The van der Waals surface area contributed by atoms with Gasteiger partial charge in [0.15, 0.2) is 5.76 Å². The van der Waals surface area contributed by atoms with Crippen molar-refractivity contribution < 1.29 is 33.3 Å². The fourth-order valence-electron chi connectivity index (χ4n) is 3.12. The molecular formula is C31H38O7. The van der Waals surface area contributed by atoms with E-state index in [2.05, 4.69) is 6.58 Å². The van der Waals surface area contributed by atoms with Gasteiger partial charge in [0.2, 0.25) is 5.78 Å². The van der Waals surface area contributed by atoms with E-state index in [1.54, 1.807) is 90.1 Å². The van der Waals surface area contributed by atoms with Crippen molar-refractivity contribution in [3.63, 3.8) is 0 Å². The number of benzene rings is 2. The van der Waals surface area contributed by atoms with E-state index >= 15 is 0 Å². The van der Waals surface area contributed by atoms with Crippen LogP contribution in [0.15, 0.2) is 54.8 Å². The molecule has 0 aliphatic heterocycles. The number of ketones is 1. The summed E-state index contributed by atoms with van der Waals surface area (Å²) in [5.74, 6) is 0.117. The van der Waals surface area contributed by atoms with Crippen molar-refractivity contribution in [2.75, 3.05) is 13.7 Å². The minimum Gasteiger partial charge on any atom is -0.493 e. The monoisotopic (exact) mass is 522 g/mol. The highest BCUT2D eigenvalue weighted by atomic mass is 16.5. The molecule has 0 aliphatic rings. The minimum atomic E-state index is -0.688. The van der Waals surface area contributed by atoms with Gasteiger partial charge in [0.1, 0.15) is 17.2 Å². The van der Waals surface area contributed by atoms with Crippen LogP contribution >= 0.6 is 0 Å². The van der Waals surface area contributed by atoms with E-state index in [9.17, 15) is 14.4 Å². The maximum atomic E-state index is 13.2. The Bertz CT molecular complexity index is 1210. The number of ether oxygens (including phenoxy) is 4. The van der Waals surface area contributed by atoms with Crippen LogP contribution in [0.5, 0.6) is 17.2 Å². The normalized spacial score (nSPS) is 11.9. The first-order valence-electron chi connectivity index (χ1n) is 12.5. The lowest BCUT2D eigenvalue weighted by molar-refractivity contribution is -0.143. The molecule has 0 saturated carbocycles. The molecule has 0 spiro atoms. The van der Waals surface area contributed by atoms with Gasteiger partial charge in [0.25, 0.3) is 0 Å². The number of carbonyl (C=O) groups is 3. The minimum absolute atomic E-state index is 0.0781. The highest BCUT2D eigenvalue weighted by Crippen LogP contribution is 2.34. The standard InChI is InChI=1S/C31H38O7/c1-10-12-21-17-22(24(36-11-2)19-25(21)38-29(34)31(6,7)8)18-26(35-9)27(32)20-13-15-23(16-14-20)37-28(33)30(3,4)5/h10,13-19H,1,11-12H2,2-9H3. The van der Waals surface area contributed by atoms with E-state index < -0.39 is 10.8 Å². The second kappa shape index (κ2) is 12.6. The smallest absolute Gasteiger partial charge is 0.316 e. The van der Waals surface area contributed by atoms with Crippen LogP contribution in [0.3, 0.4) is 0 Å². The Kier molecular flexibility index (Phi) is 10.1. The molecule has 0 aromatic heterocycles. The van der Waals surface area contributed by atoms with Crippen LogP contribution in [0.25, 0.3) is 6.08 Å². The van der Waals surface area contributed by atoms with Crippen LogP contribution in [0, 0.1) is 10.8 Å². The van der Waals surface area contributed by atoms with Crippen molar-refractivity contribution in [1.29, 1.82) is 0 Å². The second-order valence-corrected chi connectivity index (χ2v) is 10.8. The molecule has 0 radical (unpaired) electrons. The summed E-state index contributed by atoms with van der Waals surface area (Å²) in [5.41, 5.74) is 0.310. The summed E-state index contributed by atoms with van der Waals surface area (Å²) in [7, 11) is 1.41. The molecule has 0 aliphatic carbocycles. The van der Waals surface area contributed by atoms with E-state index in [-0.39, 0.29) is 23.5 Å². The third-order valence-corrected chi connectivity index (χ3v) is 5.34. The molecule has 38 heavy (non-hydrogen) atoms. The largest absolute Gasteiger partial charge is 0.493 e. The van der Waals surface area contributed by atoms with Gasteiger partial charge in [-0.15, -0.1) is 6.58 Å². The van der Waals surface area contributed by atoms with Crippen LogP contribution < -0.4 is 14.2 Å². The zero-order chi connectivity index (χ0) is 28.7. The topological polar surface area (TPSA) is 88.1 Å². The number of Topliss-reactive ketones (excluding diaryl/α,β-unsaturated/α-hetero) is 1. The first-order chi connectivity index (χ1) is 17.7. The van der Waals surface area contributed by atoms with Crippen LogP contribution in [0.4, 0.5) is 0 Å². The number of methoxy groups -OCH3 is 1. The first-order valence-corrected chi connectivity index (χ1v) is 12.5. The summed E-state index contributed by atoms with van der Waals surface area (Å²) in [6, 6.07) is 9.71. The molecule has 0 unspecified atom stereocenters. The van der Waals surface area contributed by atoms with E-state index in [0.29, 0.717) is 47.0 Å². The molecule has 2 aromatic rings. The Hall–Kier alpha value is -3.87. The van der Waals surface area contributed by atoms with Gasteiger partial charge in [-0.05, 0) is 96.9 Å². The van der Waals surface area contributed by atoms with Crippen molar-refractivity contribution >= 4 is 23.8 Å². The van der Waals surface area contributed by atoms with Gasteiger partial charge in [-0.25, -0.2) is 0 Å². The predicted octanol–water partition coefficient (Wildman–Crippen LogP) is 6.59.